The number of hydrogen-bond acceptors (Lipinski definition) is 3. The molecule has 1 aliphatic rings. The van der Waals surface area contributed by atoms with Crippen molar-refractivity contribution in [2.75, 3.05) is 26.2 Å². The predicted octanol–water partition coefficient (Wildman–Crippen LogP) is 2.91. The van der Waals surface area contributed by atoms with Crippen LogP contribution in [-0.4, -0.2) is 52.8 Å². The van der Waals surface area contributed by atoms with Crippen LogP contribution in [0.3, 0.4) is 0 Å². The van der Waals surface area contributed by atoms with Crippen molar-refractivity contribution in [1.82, 2.24) is 14.8 Å². The zero-order chi connectivity index (χ0) is 18.8. The molecule has 1 aromatic carbocycles. The van der Waals surface area contributed by atoms with Gasteiger partial charge in [0.05, 0.1) is 5.56 Å². The molecule has 2 heterocycles. The fourth-order valence-electron chi connectivity index (χ4n) is 3.48. The summed E-state index contributed by atoms with van der Waals surface area (Å²) in [5, 5.41) is 0. The van der Waals surface area contributed by atoms with E-state index < -0.39 is 0 Å². The summed E-state index contributed by atoms with van der Waals surface area (Å²) in [5.74, 6) is 0.0456. The SMILES string of the molecule is Cc1cc(C)c(C)c(C(=O)N2CCN(C(=O)c3cccnc3)CC2)c1C. The van der Waals surface area contributed by atoms with Gasteiger partial charge in [-0.3, -0.25) is 14.6 Å². The predicted molar refractivity (Wildman–Crippen MR) is 101 cm³/mol. The molecule has 2 amide bonds. The molecule has 1 aliphatic heterocycles. The Morgan fingerprint density at radius 2 is 1.42 bits per heavy atom. The zero-order valence-electron chi connectivity index (χ0n) is 15.9. The van der Waals surface area contributed by atoms with Crippen LogP contribution in [-0.2, 0) is 0 Å². The lowest BCUT2D eigenvalue weighted by molar-refractivity contribution is 0.0534. The van der Waals surface area contributed by atoms with E-state index in [1.165, 1.54) is 0 Å². The number of aryl methyl sites for hydroxylation is 2. The van der Waals surface area contributed by atoms with Crippen LogP contribution in [0.5, 0.6) is 0 Å². The number of pyridine rings is 1. The Kier molecular flexibility index (Phi) is 5.07. The first-order valence-corrected chi connectivity index (χ1v) is 8.96. The van der Waals surface area contributed by atoms with E-state index in [2.05, 4.69) is 11.1 Å². The lowest BCUT2D eigenvalue weighted by Crippen LogP contribution is -2.50. The standard InChI is InChI=1S/C21H25N3O2/c1-14-12-15(2)17(4)19(16(14)3)21(26)24-10-8-23(9-11-24)20(25)18-6-5-7-22-13-18/h5-7,12-13H,8-11H2,1-4H3. The van der Waals surface area contributed by atoms with Crippen molar-refractivity contribution in [3.63, 3.8) is 0 Å². The number of carbonyl (C=O) groups excluding carboxylic acids is 2. The summed E-state index contributed by atoms with van der Waals surface area (Å²) in [5.41, 5.74) is 5.78. The Labute approximate surface area is 154 Å². The normalized spacial score (nSPS) is 14.5. The number of benzene rings is 1. The molecule has 2 aromatic rings. The summed E-state index contributed by atoms with van der Waals surface area (Å²) in [4.78, 5) is 33.3. The summed E-state index contributed by atoms with van der Waals surface area (Å²) in [6, 6.07) is 5.67. The van der Waals surface area contributed by atoms with Crippen molar-refractivity contribution in [3.8, 4) is 0 Å². The molecule has 0 spiro atoms. The number of carbonyl (C=O) groups is 2. The molecule has 0 bridgehead atoms. The molecule has 136 valence electrons. The smallest absolute Gasteiger partial charge is 0.255 e. The minimum Gasteiger partial charge on any atom is -0.335 e. The largest absolute Gasteiger partial charge is 0.335 e. The molecule has 0 radical (unpaired) electrons. The van der Waals surface area contributed by atoms with Gasteiger partial charge in [0.25, 0.3) is 11.8 Å². The van der Waals surface area contributed by atoms with Crippen LogP contribution in [0.15, 0.2) is 30.6 Å². The van der Waals surface area contributed by atoms with Gasteiger partial charge in [0.15, 0.2) is 0 Å². The molecular formula is C21H25N3O2. The van der Waals surface area contributed by atoms with Crippen molar-refractivity contribution >= 4 is 11.8 Å². The third-order valence-corrected chi connectivity index (χ3v) is 5.34. The molecule has 1 aromatic heterocycles. The van der Waals surface area contributed by atoms with Crippen LogP contribution in [0, 0.1) is 27.7 Å². The summed E-state index contributed by atoms with van der Waals surface area (Å²) < 4.78 is 0. The lowest BCUT2D eigenvalue weighted by atomic mass is 9.93. The first-order valence-electron chi connectivity index (χ1n) is 8.96. The van der Waals surface area contributed by atoms with Gasteiger partial charge in [-0.1, -0.05) is 6.07 Å². The van der Waals surface area contributed by atoms with Gasteiger partial charge in [-0.2, -0.15) is 0 Å². The Bertz CT molecular complexity index is 812. The second-order valence-corrected chi connectivity index (χ2v) is 6.96. The van der Waals surface area contributed by atoms with E-state index >= 15 is 0 Å². The molecule has 0 unspecified atom stereocenters. The molecule has 3 rings (SSSR count). The number of hydrogen-bond donors (Lipinski definition) is 0. The first kappa shape index (κ1) is 18.1. The van der Waals surface area contributed by atoms with Gasteiger partial charge in [-0.25, -0.2) is 0 Å². The van der Waals surface area contributed by atoms with Crippen LogP contribution < -0.4 is 0 Å². The van der Waals surface area contributed by atoms with Gasteiger partial charge in [0.1, 0.15) is 0 Å². The van der Waals surface area contributed by atoms with Gasteiger partial charge >= 0.3 is 0 Å². The van der Waals surface area contributed by atoms with E-state index in [0.717, 1.165) is 27.8 Å². The molecule has 1 fully saturated rings. The molecule has 0 aliphatic carbocycles. The fraction of sp³-hybridized carbons (Fsp3) is 0.381. The van der Waals surface area contributed by atoms with Crippen LogP contribution in [0.25, 0.3) is 0 Å². The first-order chi connectivity index (χ1) is 12.4. The monoisotopic (exact) mass is 351 g/mol. The minimum absolute atomic E-state index is 0.0241. The Balaban J connectivity index is 1.73. The quantitative estimate of drug-likeness (QED) is 0.836. The number of piperazine rings is 1. The average molecular weight is 351 g/mol. The molecular weight excluding hydrogens is 326 g/mol. The summed E-state index contributed by atoms with van der Waals surface area (Å²) in [6.45, 7) is 10.3. The Morgan fingerprint density at radius 3 is 1.92 bits per heavy atom. The third-order valence-electron chi connectivity index (χ3n) is 5.34. The van der Waals surface area contributed by atoms with E-state index in [9.17, 15) is 9.59 Å². The minimum atomic E-state index is -0.0241. The van der Waals surface area contributed by atoms with Gasteiger partial charge in [-0.05, 0) is 62.1 Å². The highest BCUT2D eigenvalue weighted by Crippen LogP contribution is 2.23. The van der Waals surface area contributed by atoms with E-state index in [1.807, 2.05) is 32.6 Å². The van der Waals surface area contributed by atoms with Gasteiger partial charge in [-0.15, -0.1) is 0 Å². The van der Waals surface area contributed by atoms with Gasteiger partial charge < -0.3 is 9.80 Å². The second-order valence-electron chi connectivity index (χ2n) is 6.96. The number of aromatic nitrogens is 1. The van der Waals surface area contributed by atoms with E-state index in [0.29, 0.717) is 31.7 Å². The number of nitrogens with zero attached hydrogens (tertiary/aromatic N) is 3. The Morgan fingerprint density at radius 1 is 0.885 bits per heavy atom. The third kappa shape index (κ3) is 3.34. The highest BCUT2D eigenvalue weighted by molar-refractivity contribution is 5.98. The molecule has 0 saturated carbocycles. The molecule has 26 heavy (non-hydrogen) atoms. The van der Waals surface area contributed by atoms with E-state index in [1.54, 1.807) is 29.4 Å². The van der Waals surface area contributed by atoms with Crippen LogP contribution in [0.2, 0.25) is 0 Å². The summed E-state index contributed by atoms with van der Waals surface area (Å²) in [7, 11) is 0. The van der Waals surface area contributed by atoms with Crippen molar-refractivity contribution in [2.24, 2.45) is 0 Å². The lowest BCUT2D eigenvalue weighted by Gasteiger charge is -2.35. The maximum atomic E-state index is 13.1. The van der Waals surface area contributed by atoms with Crippen LogP contribution in [0.1, 0.15) is 43.0 Å². The topological polar surface area (TPSA) is 53.5 Å². The fourth-order valence-corrected chi connectivity index (χ4v) is 3.48. The molecule has 5 heteroatoms. The molecule has 1 saturated heterocycles. The number of rotatable bonds is 2. The van der Waals surface area contributed by atoms with Gasteiger partial charge in [0.2, 0.25) is 0 Å². The highest BCUT2D eigenvalue weighted by atomic mass is 16.2. The van der Waals surface area contributed by atoms with Crippen LogP contribution in [0.4, 0.5) is 0 Å². The zero-order valence-corrected chi connectivity index (χ0v) is 15.9. The average Bonchev–Trinajstić information content (AvgIpc) is 2.67. The van der Waals surface area contributed by atoms with Crippen molar-refractivity contribution < 1.29 is 9.59 Å². The maximum absolute atomic E-state index is 13.1. The van der Waals surface area contributed by atoms with Crippen molar-refractivity contribution in [2.45, 2.75) is 27.7 Å². The van der Waals surface area contributed by atoms with Crippen LogP contribution >= 0.6 is 0 Å². The highest BCUT2D eigenvalue weighted by Gasteiger charge is 2.27. The summed E-state index contributed by atoms with van der Waals surface area (Å²) in [6.07, 6.45) is 3.24. The maximum Gasteiger partial charge on any atom is 0.255 e. The molecule has 0 N–H and O–H groups in total. The van der Waals surface area contributed by atoms with Crippen molar-refractivity contribution in [1.29, 1.82) is 0 Å². The molecule has 0 atom stereocenters. The summed E-state index contributed by atoms with van der Waals surface area (Å²) >= 11 is 0. The Hall–Kier alpha value is -2.69. The molecule has 5 nitrogen and oxygen atoms in total. The second kappa shape index (κ2) is 7.28. The van der Waals surface area contributed by atoms with E-state index in [-0.39, 0.29) is 11.8 Å². The van der Waals surface area contributed by atoms with Gasteiger partial charge in [0, 0.05) is 44.1 Å². The van der Waals surface area contributed by atoms with E-state index in [4.69, 9.17) is 0 Å². The number of amides is 2. The van der Waals surface area contributed by atoms with Crippen molar-refractivity contribution in [3.05, 3.63) is 64.0 Å².